The summed E-state index contributed by atoms with van der Waals surface area (Å²) in [4.78, 5) is 37.6. The van der Waals surface area contributed by atoms with Gasteiger partial charge in [0.1, 0.15) is 22.9 Å². The predicted molar refractivity (Wildman–Crippen MR) is 145 cm³/mol. The van der Waals surface area contributed by atoms with Crippen LogP contribution in [-0.4, -0.2) is 71.1 Å². The molecule has 1 saturated heterocycles. The van der Waals surface area contributed by atoms with Crippen LogP contribution in [0.5, 0.6) is 5.88 Å². The smallest absolute Gasteiger partial charge is 0.471 e. The zero-order chi connectivity index (χ0) is 31.4. The summed E-state index contributed by atoms with van der Waals surface area (Å²) < 4.78 is 84.8. The summed E-state index contributed by atoms with van der Waals surface area (Å²) in [6.07, 6.45) is -8.12. The van der Waals surface area contributed by atoms with Gasteiger partial charge < -0.3 is 30.5 Å². The molecular weight excluding hydrogens is 586 g/mol. The summed E-state index contributed by atoms with van der Waals surface area (Å²) in [5.41, 5.74) is -0.461. The van der Waals surface area contributed by atoms with Gasteiger partial charge in [0.15, 0.2) is 0 Å². The molecule has 11 nitrogen and oxygen atoms in total. The van der Waals surface area contributed by atoms with Gasteiger partial charge in [0.2, 0.25) is 17.7 Å². The average Bonchev–Trinajstić information content (AvgIpc) is 2.96. The van der Waals surface area contributed by atoms with E-state index in [9.17, 15) is 35.9 Å². The Morgan fingerprint density at radius 2 is 1.67 bits per heavy atom. The van der Waals surface area contributed by atoms with Gasteiger partial charge in [0, 0.05) is 43.8 Å². The lowest BCUT2D eigenvalue weighted by Gasteiger charge is -2.35. The van der Waals surface area contributed by atoms with E-state index in [2.05, 4.69) is 37.5 Å². The number of piperazine rings is 1. The van der Waals surface area contributed by atoms with Crippen molar-refractivity contribution in [2.45, 2.75) is 12.4 Å². The van der Waals surface area contributed by atoms with Gasteiger partial charge in [-0.3, -0.25) is 9.59 Å². The first kappa shape index (κ1) is 30.9. The fraction of sp³-hybridized carbons (Fsp3) is 0.269. The number of carbonyl (C=O) groups excluding carboxylic acids is 2. The second-order valence-electron chi connectivity index (χ2n) is 8.98. The lowest BCUT2D eigenvalue weighted by molar-refractivity contribution is -0.185. The standard InChI is InChI=1S/C26H24F6N8O3/c1-3-20(41)34-15-5-4-6-16(13-15)35-21-17(25(27,28)29)14-33-24(38-21)36-18-7-8-19(37-22(18)43-2)39-9-11-40(12-10-39)23(42)26(30,31)32/h3-8,13-14H,1,9-12H2,2H3,(H,34,41)(H2,33,35,36,38). The van der Waals surface area contributed by atoms with Crippen molar-refractivity contribution in [1.82, 2.24) is 19.9 Å². The number of methoxy groups -OCH3 is 1. The van der Waals surface area contributed by atoms with E-state index in [1.165, 1.54) is 43.5 Å². The summed E-state index contributed by atoms with van der Waals surface area (Å²) in [5.74, 6) is -2.87. The number of ether oxygens (including phenoxy) is 1. The number of alkyl halides is 6. The van der Waals surface area contributed by atoms with Gasteiger partial charge in [-0.1, -0.05) is 12.6 Å². The maximum atomic E-state index is 13.8. The summed E-state index contributed by atoms with van der Waals surface area (Å²) in [6.45, 7) is 3.18. The zero-order valence-electron chi connectivity index (χ0n) is 22.4. The topological polar surface area (TPSA) is 125 Å². The molecule has 3 heterocycles. The summed E-state index contributed by atoms with van der Waals surface area (Å²) in [6, 6.07) is 8.95. The van der Waals surface area contributed by atoms with Gasteiger partial charge >= 0.3 is 18.3 Å². The Hall–Kier alpha value is -5.09. The Bertz CT molecular complexity index is 1510. The Morgan fingerprint density at radius 3 is 2.30 bits per heavy atom. The molecule has 0 radical (unpaired) electrons. The van der Waals surface area contributed by atoms with Crippen molar-refractivity contribution in [3.63, 3.8) is 0 Å². The number of amides is 2. The molecule has 0 atom stereocenters. The highest BCUT2D eigenvalue weighted by Gasteiger charge is 2.43. The van der Waals surface area contributed by atoms with Crippen LogP contribution in [0.25, 0.3) is 0 Å². The molecule has 17 heteroatoms. The van der Waals surface area contributed by atoms with E-state index in [1.54, 1.807) is 4.90 Å². The molecule has 43 heavy (non-hydrogen) atoms. The lowest BCUT2D eigenvalue weighted by atomic mass is 10.2. The van der Waals surface area contributed by atoms with Crippen LogP contribution >= 0.6 is 0 Å². The third kappa shape index (κ3) is 7.60. The van der Waals surface area contributed by atoms with E-state index >= 15 is 0 Å². The molecule has 1 aromatic carbocycles. The number of hydrogen-bond acceptors (Lipinski definition) is 9. The number of halogens is 6. The quantitative estimate of drug-likeness (QED) is 0.246. The number of nitrogens with one attached hydrogen (secondary N) is 3. The van der Waals surface area contributed by atoms with E-state index in [1.807, 2.05) is 0 Å². The first-order chi connectivity index (χ1) is 20.3. The van der Waals surface area contributed by atoms with E-state index in [0.717, 1.165) is 6.08 Å². The number of benzene rings is 1. The second kappa shape index (κ2) is 12.4. The molecule has 0 spiro atoms. The van der Waals surface area contributed by atoms with Crippen LogP contribution in [0.4, 0.5) is 61.0 Å². The summed E-state index contributed by atoms with van der Waals surface area (Å²) >= 11 is 0. The highest BCUT2D eigenvalue weighted by molar-refractivity contribution is 5.99. The average molecular weight is 611 g/mol. The van der Waals surface area contributed by atoms with E-state index in [4.69, 9.17) is 4.74 Å². The van der Waals surface area contributed by atoms with Gasteiger partial charge in [0.25, 0.3) is 0 Å². The minimum Gasteiger partial charge on any atom is -0.479 e. The molecule has 2 amide bonds. The minimum atomic E-state index is -4.96. The number of nitrogens with zero attached hydrogens (tertiary/aromatic N) is 5. The second-order valence-corrected chi connectivity index (χ2v) is 8.98. The van der Waals surface area contributed by atoms with E-state index < -0.39 is 35.5 Å². The number of rotatable bonds is 8. The fourth-order valence-corrected chi connectivity index (χ4v) is 4.05. The van der Waals surface area contributed by atoms with Crippen LogP contribution in [0.2, 0.25) is 0 Å². The number of carbonyl (C=O) groups is 2. The van der Waals surface area contributed by atoms with Crippen LogP contribution in [0.15, 0.2) is 55.3 Å². The normalized spacial score (nSPS) is 13.7. The molecular formula is C26H24F6N8O3. The molecule has 1 aliphatic rings. The maximum Gasteiger partial charge on any atom is 0.471 e. The first-order valence-electron chi connectivity index (χ1n) is 12.5. The number of hydrogen-bond donors (Lipinski definition) is 3. The van der Waals surface area contributed by atoms with Gasteiger partial charge in [-0.25, -0.2) is 4.98 Å². The van der Waals surface area contributed by atoms with Gasteiger partial charge in [0.05, 0.1) is 7.11 Å². The van der Waals surface area contributed by atoms with Gasteiger partial charge in [-0.05, 0) is 36.4 Å². The van der Waals surface area contributed by atoms with Crippen molar-refractivity contribution in [3.8, 4) is 5.88 Å². The Labute approximate surface area is 240 Å². The fourth-order valence-electron chi connectivity index (χ4n) is 4.05. The minimum absolute atomic E-state index is 0.00923. The molecule has 3 N–H and O–H groups in total. The number of anilines is 6. The predicted octanol–water partition coefficient (Wildman–Crippen LogP) is 4.72. The molecule has 0 bridgehead atoms. The van der Waals surface area contributed by atoms with Crippen LogP contribution in [0.3, 0.4) is 0 Å². The van der Waals surface area contributed by atoms with Crippen molar-refractivity contribution >= 4 is 46.5 Å². The third-order valence-electron chi connectivity index (χ3n) is 6.09. The number of aromatic nitrogens is 3. The van der Waals surface area contributed by atoms with Gasteiger partial charge in [-0.2, -0.15) is 36.3 Å². The van der Waals surface area contributed by atoms with E-state index in [-0.39, 0.29) is 49.4 Å². The van der Waals surface area contributed by atoms with Crippen LogP contribution < -0.4 is 25.6 Å². The van der Waals surface area contributed by atoms with Crippen LogP contribution in [-0.2, 0) is 15.8 Å². The summed E-state index contributed by atoms with van der Waals surface area (Å²) in [7, 11) is 1.30. The largest absolute Gasteiger partial charge is 0.479 e. The zero-order valence-corrected chi connectivity index (χ0v) is 22.4. The monoisotopic (exact) mass is 610 g/mol. The van der Waals surface area contributed by atoms with Crippen molar-refractivity contribution in [1.29, 1.82) is 0 Å². The highest BCUT2D eigenvalue weighted by atomic mass is 19.4. The Balaban J connectivity index is 1.54. The van der Waals surface area contributed by atoms with Crippen molar-refractivity contribution < 1.29 is 40.7 Å². The Kier molecular flexibility index (Phi) is 8.91. The molecule has 228 valence electrons. The molecule has 3 aromatic rings. The lowest BCUT2D eigenvalue weighted by Crippen LogP contribution is -2.52. The van der Waals surface area contributed by atoms with Crippen molar-refractivity contribution in [2.75, 3.05) is 54.1 Å². The molecule has 4 rings (SSSR count). The number of pyridine rings is 1. The molecule has 0 unspecified atom stereocenters. The molecule has 0 saturated carbocycles. The van der Waals surface area contributed by atoms with Crippen molar-refractivity contribution in [2.24, 2.45) is 0 Å². The third-order valence-corrected chi connectivity index (χ3v) is 6.09. The maximum absolute atomic E-state index is 13.8. The van der Waals surface area contributed by atoms with Crippen LogP contribution in [0.1, 0.15) is 5.56 Å². The SMILES string of the molecule is C=CC(=O)Nc1cccc(Nc2nc(Nc3ccc(N4CCN(C(=O)C(F)(F)F)CC4)nc3OC)ncc2C(F)(F)F)c1. The molecule has 1 fully saturated rings. The molecule has 2 aromatic heterocycles. The first-order valence-corrected chi connectivity index (χ1v) is 12.5. The van der Waals surface area contributed by atoms with Crippen molar-refractivity contribution in [3.05, 3.63) is 60.8 Å². The Morgan fingerprint density at radius 1 is 0.977 bits per heavy atom. The molecule has 1 aliphatic heterocycles. The van der Waals surface area contributed by atoms with E-state index in [0.29, 0.717) is 22.6 Å². The highest BCUT2D eigenvalue weighted by Crippen LogP contribution is 2.36. The van der Waals surface area contributed by atoms with Crippen LogP contribution in [0, 0.1) is 0 Å². The molecule has 0 aliphatic carbocycles. The summed E-state index contributed by atoms with van der Waals surface area (Å²) in [5, 5.41) is 7.87. The van der Waals surface area contributed by atoms with Gasteiger partial charge in [-0.15, -0.1) is 0 Å².